The second-order valence-electron chi connectivity index (χ2n) is 2.56. The summed E-state index contributed by atoms with van der Waals surface area (Å²) in [6.07, 6.45) is 0. The summed E-state index contributed by atoms with van der Waals surface area (Å²) in [4.78, 5) is 28.0. The number of hydrogen-bond acceptors (Lipinski definition) is 3. The average Bonchev–Trinajstić information content (AvgIpc) is 1.85. The molecule has 0 rings (SSSR count). The monoisotopic (exact) mass is 232 g/mol. The van der Waals surface area contributed by atoms with E-state index in [0.717, 1.165) is 0 Å². The van der Waals surface area contributed by atoms with Crippen LogP contribution in [0.2, 0.25) is 0 Å². The number of amides is 1. The highest BCUT2D eigenvalue weighted by Gasteiger charge is 2.26. The number of nitrogens with two attached hydrogens (primary N) is 1. The molecule has 6 nitrogen and oxygen atoms in total. The smallest absolute Gasteiger partial charge is 0.341 e. The predicted octanol–water partition coefficient (Wildman–Crippen LogP) is -0.605. The Labute approximate surface area is 82.5 Å². The fraction of sp³-hybridized carbons (Fsp3) is 0.800. The van der Waals surface area contributed by atoms with Crippen molar-refractivity contribution in [2.24, 2.45) is 5.73 Å². The van der Waals surface area contributed by atoms with Gasteiger partial charge in [0.1, 0.15) is 5.78 Å². The van der Waals surface area contributed by atoms with Crippen molar-refractivity contribution in [1.82, 2.24) is 5.32 Å². The van der Waals surface area contributed by atoms with E-state index >= 15 is 0 Å². The fourth-order valence-corrected chi connectivity index (χ4v) is 0.717. The van der Waals surface area contributed by atoms with Crippen molar-refractivity contribution in [1.29, 1.82) is 0 Å². The van der Waals surface area contributed by atoms with Gasteiger partial charge in [0.05, 0.1) is 6.04 Å². The zero-order valence-corrected chi connectivity index (χ0v) is 9.01. The third kappa shape index (κ3) is 6.01. The maximum atomic E-state index is 10.8. The van der Waals surface area contributed by atoms with Crippen LogP contribution >= 0.6 is 20.0 Å². The van der Waals surface area contributed by atoms with Gasteiger partial charge in [0.25, 0.3) is 0 Å². The molecule has 0 unspecified atom stereocenters. The van der Waals surface area contributed by atoms with Crippen molar-refractivity contribution in [2.75, 3.05) is 0 Å². The Morgan fingerprint density at radius 2 is 1.85 bits per heavy atom. The van der Waals surface area contributed by atoms with Gasteiger partial charge >= 0.3 is 7.60 Å². The minimum atomic E-state index is -4.24. The summed E-state index contributed by atoms with van der Waals surface area (Å²) in [5.74, 6) is -1.76. The van der Waals surface area contributed by atoms with Gasteiger partial charge in [-0.3, -0.25) is 9.36 Å². The van der Waals surface area contributed by atoms with Crippen LogP contribution in [0.1, 0.15) is 13.8 Å². The van der Waals surface area contributed by atoms with Gasteiger partial charge in [-0.15, -0.1) is 12.4 Å². The third-order valence-electron chi connectivity index (χ3n) is 1.27. The van der Waals surface area contributed by atoms with E-state index < -0.39 is 25.3 Å². The van der Waals surface area contributed by atoms with E-state index in [0.29, 0.717) is 0 Å². The average molecular weight is 233 g/mol. The Balaban J connectivity index is 0. The second kappa shape index (κ2) is 5.57. The van der Waals surface area contributed by atoms with Gasteiger partial charge in [0.2, 0.25) is 5.91 Å². The lowest BCUT2D eigenvalue weighted by molar-refractivity contribution is -0.122. The molecular formula is C5H14ClN2O4P. The van der Waals surface area contributed by atoms with Crippen molar-refractivity contribution in [3.05, 3.63) is 0 Å². The predicted molar refractivity (Wildman–Crippen MR) is 50.5 cm³/mol. The van der Waals surface area contributed by atoms with Crippen LogP contribution in [0.15, 0.2) is 0 Å². The first-order chi connectivity index (χ1) is 5.25. The maximum absolute atomic E-state index is 10.8. The van der Waals surface area contributed by atoms with E-state index in [4.69, 9.17) is 15.5 Å². The molecule has 1 amide bonds. The number of carbonyl (C=O) groups excluding carboxylic acids is 1. The molecule has 0 aromatic rings. The van der Waals surface area contributed by atoms with Crippen LogP contribution in [0.25, 0.3) is 0 Å². The van der Waals surface area contributed by atoms with E-state index in [1.54, 1.807) is 0 Å². The molecule has 0 aliphatic heterocycles. The highest BCUT2D eigenvalue weighted by molar-refractivity contribution is 7.52. The molecule has 0 fully saturated rings. The molecule has 2 atom stereocenters. The molecule has 5 N–H and O–H groups in total. The van der Waals surface area contributed by atoms with Gasteiger partial charge in [-0.05, 0) is 13.8 Å². The molecule has 0 saturated carbocycles. The number of hydrogen-bond donors (Lipinski definition) is 4. The van der Waals surface area contributed by atoms with Crippen molar-refractivity contribution in [3.8, 4) is 0 Å². The minimum absolute atomic E-state index is 0. The maximum Gasteiger partial charge on any atom is 0.347 e. The van der Waals surface area contributed by atoms with Crippen LogP contribution in [0, 0.1) is 0 Å². The quantitative estimate of drug-likeness (QED) is 0.485. The van der Waals surface area contributed by atoms with Gasteiger partial charge in [0, 0.05) is 0 Å². The second-order valence-corrected chi connectivity index (χ2v) is 4.52. The van der Waals surface area contributed by atoms with E-state index in [2.05, 4.69) is 5.32 Å². The molecule has 0 aliphatic rings. The number of rotatable bonds is 3. The van der Waals surface area contributed by atoms with Gasteiger partial charge in [0.15, 0.2) is 0 Å². The van der Waals surface area contributed by atoms with Gasteiger partial charge in [-0.25, -0.2) is 0 Å². The number of nitrogens with one attached hydrogen (secondary N) is 1. The molecule has 0 aromatic heterocycles. The molecule has 0 heterocycles. The number of carbonyl (C=O) groups is 1. The van der Waals surface area contributed by atoms with Gasteiger partial charge in [-0.2, -0.15) is 0 Å². The molecule has 0 aromatic carbocycles. The lowest BCUT2D eigenvalue weighted by atomic mass is 10.3. The minimum Gasteiger partial charge on any atom is -0.341 e. The van der Waals surface area contributed by atoms with E-state index in [-0.39, 0.29) is 12.4 Å². The first-order valence-electron chi connectivity index (χ1n) is 3.36. The molecule has 80 valence electrons. The lowest BCUT2D eigenvalue weighted by Gasteiger charge is -2.16. The zero-order chi connectivity index (χ0) is 9.94. The molecular weight excluding hydrogens is 218 g/mol. The summed E-state index contributed by atoms with van der Waals surface area (Å²) < 4.78 is 10.5. The topological polar surface area (TPSA) is 113 Å². The summed E-state index contributed by atoms with van der Waals surface area (Å²) in [5.41, 5.74) is 5.16. The summed E-state index contributed by atoms with van der Waals surface area (Å²) in [5, 5.41) is 2.09. The molecule has 8 heteroatoms. The summed E-state index contributed by atoms with van der Waals surface area (Å²) in [6, 6.07) is -0.765. The van der Waals surface area contributed by atoms with Crippen LogP contribution in [0.4, 0.5) is 0 Å². The van der Waals surface area contributed by atoms with Crippen LogP contribution in [0.5, 0.6) is 0 Å². The van der Waals surface area contributed by atoms with Gasteiger partial charge in [-0.1, -0.05) is 0 Å². The Morgan fingerprint density at radius 3 is 2.08 bits per heavy atom. The summed E-state index contributed by atoms with van der Waals surface area (Å²) in [6.45, 7) is 2.66. The van der Waals surface area contributed by atoms with E-state index in [9.17, 15) is 9.36 Å². The largest absolute Gasteiger partial charge is 0.347 e. The van der Waals surface area contributed by atoms with Gasteiger partial charge < -0.3 is 20.8 Å². The van der Waals surface area contributed by atoms with Crippen LogP contribution in [-0.2, 0) is 9.36 Å². The third-order valence-corrected chi connectivity index (χ3v) is 2.41. The highest BCUT2D eigenvalue weighted by atomic mass is 35.5. The van der Waals surface area contributed by atoms with Crippen LogP contribution < -0.4 is 11.1 Å². The Morgan fingerprint density at radius 1 is 1.46 bits per heavy atom. The van der Waals surface area contributed by atoms with E-state index in [1.165, 1.54) is 13.8 Å². The van der Waals surface area contributed by atoms with E-state index in [1.807, 2.05) is 0 Å². The molecule has 0 spiro atoms. The standard InChI is InChI=1S/C5H13N2O4P.ClH/c1-3(6)5(8)7-4(2)12(9,10)11;/h3-4H,6H2,1-2H3,(H,7,8)(H2,9,10,11);1H/t3-,4+;/m0./s1. The van der Waals surface area contributed by atoms with Crippen molar-refractivity contribution < 1.29 is 19.1 Å². The molecule has 0 aliphatic carbocycles. The Bertz CT molecular complexity index is 217. The summed E-state index contributed by atoms with van der Waals surface area (Å²) >= 11 is 0. The van der Waals surface area contributed by atoms with Crippen molar-refractivity contribution >= 4 is 25.9 Å². The number of halogens is 1. The van der Waals surface area contributed by atoms with Crippen molar-refractivity contribution in [3.63, 3.8) is 0 Å². The molecule has 0 bridgehead atoms. The van der Waals surface area contributed by atoms with Crippen LogP contribution in [0.3, 0.4) is 0 Å². The summed E-state index contributed by atoms with van der Waals surface area (Å²) in [7, 11) is -4.24. The highest BCUT2D eigenvalue weighted by Crippen LogP contribution is 2.38. The van der Waals surface area contributed by atoms with Crippen LogP contribution in [-0.4, -0.2) is 27.5 Å². The first-order valence-corrected chi connectivity index (χ1v) is 5.04. The SMILES string of the molecule is C[C@H](N)C(=O)N[C@@H](C)P(=O)(O)O.Cl. The lowest BCUT2D eigenvalue weighted by Crippen LogP contribution is -2.42. The molecule has 13 heavy (non-hydrogen) atoms. The molecule has 0 radical (unpaired) electrons. The first kappa shape index (κ1) is 15.3. The molecule has 0 saturated heterocycles. The Kier molecular flexibility index (Phi) is 6.57. The Hall–Kier alpha value is -0.130. The normalized spacial score (nSPS) is 15.5. The van der Waals surface area contributed by atoms with Crippen molar-refractivity contribution in [2.45, 2.75) is 25.7 Å². The fourth-order valence-electron chi connectivity index (χ4n) is 0.421. The zero-order valence-electron chi connectivity index (χ0n) is 7.30.